The maximum atomic E-state index is 15.9. The number of unbranched alkanes of at least 4 members (excludes halogenated alkanes) is 1. The van der Waals surface area contributed by atoms with Crippen molar-refractivity contribution in [3.05, 3.63) is 311 Å². The van der Waals surface area contributed by atoms with Crippen molar-refractivity contribution in [3.63, 3.8) is 0 Å². The zero-order chi connectivity index (χ0) is 62.2. The number of fused-ring (bicyclic) bond motifs is 7. The first-order valence-electron chi connectivity index (χ1n) is 31.6. The minimum Gasteiger partial charge on any atom is -0.427 e. The molecule has 10 aromatic carbocycles. The van der Waals surface area contributed by atoms with Crippen LogP contribution in [0.1, 0.15) is 70.3 Å². The normalized spacial score (nSPS) is 13.5. The Kier molecular flexibility index (Phi) is 15.5. The van der Waals surface area contributed by atoms with Gasteiger partial charge in [-0.2, -0.15) is 15.0 Å². The molecule has 2 aliphatic carbocycles. The van der Waals surface area contributed by atoms with Gasteiger partial charge in [-0.05, 0) is 200 Å². The number of carbonyl (C=O) groups excluding carboxylic acids is 1. The summed E-state index contributed by atoms with van der Waals surface area (Å²) in [5, 5.41) is 10.4. The van der Waals surface area contributed by atoms with Gasteiger partial charge in [-0.3, -0.25) is 13.4 Å². The molecule has 0 N–H and O–H groups in total. The molecule has 1 aliphatic heterocycles. The number of rotatable bonds is 17. The van der Waals surface area contributed by atoms with Gasteiger partial charge in [0, 0.05) is 79.8 Å². The third-order valence-electron chi connectivity index (χ3n) is 18.0. The van der Waals surface area contributed by atoms with E-state index in [2.05, 4.69) is 192 Å². The second kappa shape index (κ2) is 24.8. The second-order valence-corrected chi connectivity index (χ2v) is 23.9. The first kappa shape index (κ1) is 57.5. The molecule has 0 unspecified atom stereocenters. The summed E-state index contributed by atoms with van der Waals surface area (Å²) in [7, 11) is -2.82. The monoisotopic (exact) mass is 1200 g/mol. The summed E-state index contributed by atoms with van der Waals surface area (Å²) >= 11 is 0. The number of esters is 1. The highest BCUT2D eigenvalue weighted by molar-refractivity contribution is 6.42. The lowest BCUT2D eigenvalue weighted by atomic mass is 9.86. The van der Waals surface area contributed by atoms with Crippen LogP contribution in [0.5, 0.6) is 5.75 Å². The number of aromatic nitrogens is 4. The van der Waals surface area contributed by atoms with Crippen molar-refractivity contribution in [3.8, 4) is 39.3 Å². The SMILES string of the molecule is Cc1cc(OC(=O)CCCCn2nc3c(-c4ccc(N(c5ccccc5)c5ccccc5)cc4)ccc(-c4ccc(N(c5ccccc5)c5ccccc5)cc4)c3n2)cc(C)c1/C(=C1\C=C2CCc3ccccc3C2=N1)c1cc2c(n1B(F)F)-c1ccccc1CC2. The third-order valence-corrected chi connectivity index (χ3v) is 18.0. The highest BCUT2D eigenvalue weighted by Crippen LogP contribution is 2.46. The summed E-state index contributed by atoms with van der Waals surface area (Å²) in [6.45, 7) is 4.39. The van der Waals surface area contributed by atoms with Crippen LogP contribution in [0, 0.1) is 13.8 Å². The molecule has 0 bridgehead atoms. The van der Waals surface area contributed by atoms with E-state index >= 15 is 8.63 Å². The predicted molar refractivity (Wildman–Crippen MR) is 369 cm³/mol. The number of ether oxygens (including phenoxy) is 1. The zero-order valence-corrected chi connectivity index (χ0v) is 51.2. The van der Waals surface area contributed by atoms with Crippen molar-refractivity contribution in [1.29, 1.82) is 0 Å². The number of aryl methyl sites for hydroxylation is 6. The first-order chi connectivity index (χ1) is 45.2. The maximum absolute atomic E-state index is 15.9. The summed E-state index contributed by atoms with van der Waals surface area (Å²) in [6, 6.07) is 84.9. The van der Waals surface area contributed by atoms with Crippen LogP contribution in [-0.2, 0) is 30.6 Å². The fourth-order valence-corrected chi connectivity index (χ4v) is 13.8. The Hall–Kier alpha value is -11.0. The summed E-state index contributed by atoms with van der Waals surface area (Å²) in [6.07, 6.45) is 6.50. The molecular weight excluding hydrogens is 1140 g/mol. The van der Waals surface area contributed by atoms with E-state index in [4.69, 9.17) is 19.9 Å². The van der Waals surface area contributed by atoms with Crippen LogP contribution in [0.2, 0.25) is 0 Å². The number of allylic oxidation sites excluding steroid dienone is 2. The Labute approximate surface area is 534 Å². The summed E-state index contributed by atoms with van der Waals surface area (Å²) in [5.74, 6) is 0.0324. The number of anilines is 6. The van der Waals surface area contributed by atoms with Crippen molar-refractivity contribution < 1.29 is 18.2 Å². The fourth-order valence-electron chi connectivity index (χ4n) is 13.8. The molecule has 2 aromatic heterocycles. The molecule has 3 heterocycles. The van der Waals surface area contributed by atoms with Crippen LogP contribution in [0.25, 0.3) is 50.1 Å². The number of nitrogens with zero attached hydrogens (tertiary/aromatic N) is 7. The van der Waals surface area contributed by atoms with E-state index in [0.29, 0.717) is 54.2 Å². The van der Waals surface area contributed by atoms with E-state index in [-0.39, 0.29) is 12.4 Å². The van der Waals surface area contributed by atoms with Crippen molar-refractivity contribution in [2.75, 3.05) is 9.80 Å². The highest BCUT2D eigenvalue weighted by Gasteiger charge is 2.35. The smallest absolute Gasteiger partial charge is 0.427 e. The number of hydrogen-bond acceptors (Lipinski definition) is 7. The second-order valence-electron chi connectivity index (χ2n) is 23.9. The highest BCUT2D eigenvalue weighted by atomic mass is 19.2. The Morgan fingerprint density at radius 2 is 0.957 bits per heavy atom. The van der Waals surface area contributed by atoms with Crippen LogP contribution < -0.4 is 14.5 Å². The minimum atomic E-state index is -2.82. The number of hydrogen-bond donors (Lipinski definition) is 0. The molecule has 15 rings (SSSR count). The number of aliphatic imine (C=N–C) groups is 1. The van der Waals surface area contributed by atoms with Gasteiger partial charge in [-0.25, -0.2) is 4.99 Å². The topological polar surface area (TPSA) is 80.8 Å². The average molecular weight is 1200 g/mol. The molecule has 92 heavy (non-hydrogen) atoms. The molecule has 0 amide bonds. The van der Waals surface area contributed by atoms with Crippen molar-refractivity contribution >= 4 is 69.8 Å². The van der Waals surface area contributed by atoms with Gasteiger partial charge in [0.15, 0.2) is 0 Å². The molecule has 0 radical (unpaired) electrons. The van der Waals surface area contributed by atoms with Gasteiger partial charge in [0.05, 0.1) is 18.0 Å². The fraction of sp³-hybridized carbons (Fsp3) is 0.125. The molecule has 9 nitrogen and oxygen atoms in total. The molecule has 448 valence electrons. The van der Waals surface area contributed by atoms with Gasteiger partial charge in [0.2, 0.25) is 0 Å². The van der Waals surface area contributed by atoms with Crippen molar-refractivity contribution in [2.45, 2.75) is 65.3 Å². The lowest BCUT2D eigenvalue weighted by molar-refractivity contribution is -0.134. The number of benzene rings is 10. The van der Waals surface area contributed by atoms with Crippen LogP contribution >= 0.6 is 0 Å². The van der Waals surface area contributed by atoms with Crippen LogP contribution in [0.3, 0.4) is 0 Å². The summed E-state index contributed by atoms with van der Waals surface area (Å²) < 4.78 is 39.1. The lowest BCUT2D eigenvalue weighted by Crippen LogP contribution is -2.19. The Bertz CT molecular complexity index is 4580. The molecule has 0 fully saturated rings. The minimum absolute atomic E-state index is 0.165. The summed E-state index contributed by atoms with van der Waals surface area (Å²) in [5.41, 5.74) is 23.4. The zero-order valence-electron chi connectivity index (χ0n) is 51.2. The van der Waals surface area contributed by atoms with E-state index < -0.39 is 7.40 Å². The average Bonchev–Trinajstić information content (AvgIpc) is 1.57. The summed E-state index contributed by atoms with van der Waals surface area (Å²) in [4.78, 5) is 25.5. The van der Waals surface area contributed by atoms with E-state index in [9.17, 15) is 4.79 Å². The van der Waals surface area contributed by atoms with Gasteiger partial charge >= 0.3 is 13.4 Å². The van der Waals surface area contributed by atoms with Gasteiger partial charge in [-0.15, -0.1) is 0 Å². The van der Waals surface area contributed by atoms with Gasteiger partial charge in [0.1, 0.15) is 16.8 Å². The molecule has 12 aromatic rings. The molecule has 0 spiro atoms. The molecule has 0 saturated heterocycles. The first-order valence-corrected chi connectivity index (χ1v) is 31.6. The van der Waals surface area contributed by atoms with Gasteiger partial charge in [0.25, 0.3) is 0 Å². The van der Waals surface area contributed by atoms with Crippen LogP contribution in [-0.4, -0.2) is 38.6 Å². The van der Waals surface area contributed by atoms with Crippen molar-refractivity contribution in [1.82, 2.24) is 19.5 Å². The number of halogens is 2. The Balaban J connectivity index is 0.709. The number of carbonyl (C=O) groups is 1. The largest absolute Gasteiger partial charge is 0.678 e. The molecule has 0 saturated carbocycles. The van der Waals surface area contributed by atoms with E-state index in [1.54, 1.807) is 4.80 Å². The maximum Gasteiger partial charge on any atom is 0.678 e. The standard InChI is InChI=1S/C80H64BF2N7O2/c1-53-49-67(50-54(2)75(53)76(72-51-59-36-34-55-21-15-17-31-68(55)77(59)84-72)73-52-60-37-35-56-22-16-18-32-71(56)80(60)90(73)81(82)83)92-74(91)33-19-20-48-87-85-78-69(57-38-42-65(43-39-57)88(61-23-7-3-8-24-61)62-25-9-4-10-26-62)46-47-70(79(78)86-87)58-40-44-66(45-41-58)89(63-27-11-5-12-28-63)64-29-13-6-14-30-64/h3-18,21-32,38-47,49-52H,19-20,33-37,48H2,1-2H3/b76-72+. The van der Waals surface area contributed by atoms with E-state index in [1.807, 2.05) is 86.6 Å². The molecular formula is C80H64BF2N7O2. The molecule has 0 atom stereocenters. The molecule has 12 heteroatoms. The van der Waals surface area contributed by atoms with Crippen molar-refractivity contribution in [2.24, 2.45) is 4.99 Å². The predicted octanol–water partition coefficient (Wildman–Crippen LogP) is 19.6. The third kappa shape index (κ3) is 11.0. The Morgan fingerprint density at radius 1 is 0.500 bits per heavy atom. The van der Waals surface area contributed by atoms with Crippen LogP contribution in [0.15, 0.2) is 271 Å². The van der Waals surface area contributed by atoms with Gasteiger partial charge in [-0.1, -0.05) is 158 Å². The van der Waals surface area contributed by atoms with E-state index in [0.717, 1.165) is 137 Å². The Morgan fingerprint density at radius 3 is 1.48 bits per heavy atom. The number of para-hydroxylation sites is 4. The quantitative estimate of drug-likeness (QED) is 0.0391. The molecule has 3 aliphatic rings. The van der Waals surface area contributed by atoms with Gasteiger partial charge < -0.3 is 19.0 Å². The lowest BCUT2D eigenvalue weighted by Gasteiger charge is -2.25. The van der Waals surface area contributed by atoms with Crippen LogP contribution in [0.4, 0.5) is 42.8 Å². The van der Waals surface area contributed by atoms with E-state index in [1.165, 1.54) is 10.0 Å².